The predicted octanol–water partition coefficient (Wildman–Crippen LogP) is 1.23. The van der Waals surface area contributed by atoms with E-state index in [4.69, 9.17) is 16.7 Å². The van der Waals surface area contributed by atoms with E-state index in [1.165, 1.54) is 4.90 Å². The molecule has 0 aliphatic carbocycles. The minimum atomic E-state index is -3.60. The molecule has 0 radical (unpaired) electrons. The number of nitrogens with two attached hydrogens (primary N) is 1. The predicted molar refractivity (Wildman–Crippen MR) is 73.5 cm³/mol. The van der Waals surface area contributed by atoms with E-state index >= 15 is 0 Å². The highest BCUT2D eigenvalue weighted by Crippen LogP contribution is 2.19. The first-order valence-corrected chi connectivity index (χ1v) is 7.93. The molecule has 2 N–H and O–H groups in total. The number of amides is 1. The maximum absolute atomic E-state index is 12.3. The molecule has 0 aromatic heterocycles. The van der Waals surface area contributed by atoms with Gasteiger partial charge in [0.05, 0.1) is 5.25 Å². The minimum Gasteiger partial charge on any atom is -0.337 e. The summed E-state index contributed by atoms with van der Waals surface area (Å²) in [6, 6.07) is 6.61. The minimum absolute atomic E-state index is 0.143. The topological polar surface area (TPSA) is 80.5 Å². The Kier molecular flexibility index (Phi) is 4.13. The lowest BCUT2D eigenvalue weighted by Crippen LogP contribution is -2.47. The van der Waals surface area contributed by atoms with E-state index in [9.17, 15) is 13.2 Å². The highest BCUT2D eigenvalue weighted by Gasteiger charge is 2.30. The van der Waals surface area contributed by atoms with E-state index in [1.807, 2.05) is 0 Å². The van der Waals surface area contributed by atoms with Crippen LogP contribution < -0.4 is 5.14 Å². The Labute approximate surface area is 117 Å². The third-order valence-corrected chi connectivity index (χ3v) is 4.75. The van der Waals surface area contributed by atoms with E-state index in [0.29, 0.717) is 30.0 Å². The molecule has 1 heterocycles. The van der Waals surface area contributed by atoms with Crippen LogP contribution in [0.1, 0.15) is 23.2 Å². The van der Waals surface area contributed by atoms with Gasteiger partial charge < -0.3 is 4.90 Å². The summed E-state index contributed by atoms with van der Waals surface area (Å²) in [4.78, 5) is 13.8. The number of piperidine rings is 1. The third-order valence-electron chi connectivity index (χ3n) is 3.20. The molecule has 0 spiro atoms. The first-order valence-electron chi connectivity index (χ1n) is 5.94. The Morgan fingerprint density at radius 1 is 1.42 bits per heavy atom. The van der Waals surface area contributed by atoms with Gasteiger partial charge in [-0.2, -0.15) is 0 Å². The molecular formula is C12H15ClN2O3S. The molecule has 1 saturated heterocycles. The Hall–Kier alpha value is -1.11. The largest absolute Gasteiger partial charge is 0.337 e. The lowest BCUT2D eigenvalue weighted by molar-refractivity contribution is 0.0727. The van der Waals surface area contributed by atoms with Crippen LogP contribution in [0.2, 0.25) is 5.02 Å². The molecule has 19 heavy (non-hydrogen) atoms. The zero-order chi connectivity index (χ0) is 14.0. The second-order valence-electron chi connectivity index (χ2n) is 4.61. The zero-order valence-corrected chi connectivity index (χ0v) is 11.8. The SMILES string of the molecule is NS(=O)(=O)C1CCCN(C(=O)c2cccc(Cl)c2)C1. The number of carbonyl (C=O) groups is 1. The number of sulfonamides is 1. The smallest absolute Gasteiger partial charge is 0.253 e. The molecule has 0 bridgehead atoms. The molecule has 1 aromatic carbocycles. The van der Waals surface area contributed by atoms with Crippen molar-refractivity contribution in [1.29, 1.82) is 0 Å². The van der Waals surface area contributed by atoms with E-state index in [-0.39, 0.29) is 12.5 Å². The summed E-state index contributed by atoms with van der Waals surface area (Å²) in [5, 5.41) is 4.95. The highest BCUT2D eigenvalue weighted by atomic mass is 35.5. The second kappa shape index (κ2) is 5.48. The van der Waals surface area contributed by atoms with Gasteiger partial charge in [-0.1, -0.05) is 17.7 Å². The zero-order valence-electron chi connectivity index (χ0n) is 10.3. The third kappa shape index (κ3) is 3.46. The van der Waals surface area contributed by atoms with Crippen molar-refractivity contribution in [3.05, 3.63) is 34.9 Å². The number of primary sulfonamides is 1. The summed E-state index contributed by atoms with van der Waals surface area (Å²) in [6.07, 6.45) is 1.13. The summed E-state index contributed by atoms with van der Waals surface area (Å²) < 4.78 is 22.7. The standard InChI is InChI=1S/C12H15ClN2O3S/c13-10-4-1-3-9(7-10)12(16)15-6-2-5-11(8-15)19(14,17)18/h1,3-4,7,11H,2,5-6,8H2,(H2,14,17,18). The molecule has 7 heteroatoms. The van der Waals surface area contributed by atoms with Gasteiger partial charge in [0.15, 0.2) is 0 Å². The maximum atomic E-state index is 12.3. The van der Waals surface area contributed by atoms with Gasteiger partial charge in [0.2, 0.25) is 10.0 Å². The molecular weight excluding hydrogens is 288 g/mol. The lowest BCUT2D eigenvalue weighted by Gasteiger charge is -2.31. The second-order valence-corrected chi connectivity index (χ2v) is 6.90. The molecule has 0 saturated carbocycles. The number of hydrogen-bond acceptors (Lipinski definition) is 3. The molecule has 5 nitrogen and oxygen atoms in total. The number of halogens is 1. The van der Waals surface area contributed by atoms with E-state index in [0.717, 1.165) is 0 Å². The molecule has 104 valence electrons. The number of hydrogen-bond donors (Lipinski definition) is 1. The summed E-state index contributed by atoms with van der Waals surface area (Å²) in [7, 11) is -3.60. The van der Waals surface area contributed by atoms with Crippen LogP contribution in [0.3, 0.4) is 0 Å². The van der Waals surface area contributed by atoms with Gasteiger partial charge in [-0.05, 0) is 31.0 Å². The van der Waals surface area contributed by atoms with Crippen molar-refractivity contribution in [1.82, 2.24) is 4.90 Å². The van der Waals surface area contributed by atoms with Crippen LogP contribution in [0.15, 0.2) is 24.3 Å². The molecule has 1 aliphatic rings. The van der Waals surface area contributed by atoms with Gasteiger partial charge in [0, 0.05) is 23.7 Å². The van der Waals surface area contributed by atoms with Crippen molar-refractivity contribution in [3.63, 3.8) is 0 Å². The normalized spacial score (nSPS) is 20.3. The monoisotopic (exact) mass is 302 g/mol. The average molecular weight is 303 g/mol. The number of benzene rings is 1. The Bertz CT molecular complexity index is 588. The van der Waals surface area contributed by atoms with Crippen LogP contribution in [0.4, 0.5) is 0 Å². The van der Waals surface area contributed by atoms with Gasteiger partial charge in [0.25, 0.3) is 5.91 Å². The Morgan fingerprint density at radius 2 is 2.16 bits per heavy atom. The Morgan fingerprint density at radius 3 is 2.79 bits per heavy atom. The van der Waals surface area contributed by atoms with Crippen LogP contribution >= 0.6 is 11.6 Å². The summed E-state index contributed by atoms with van der Waals surface area (Å²) in [5.41, 5.74) is 0.461. The van der Waals surface area contributed by atoms with Gasteiger partial charge >= 0.3 is 0 Å². The van der Waals surface area contributed by atoms with Crippen LogP contribution in [0.5, 0.6) is 0 Å². The summed E-state index contributed by atoms with van der Waals surface area (Å²) in [5.74, 6) is -0.212. The Balaban J connectivity index is 2.16. The quantitative estimate of drug-likeness (QED) is 0.892. The van der Waals surface area contributed by atoms with Crippen molar-refractivity contribution in [3.8, 4) is 0 Å². The molecule has 1 aliphatic heterocycles. The van der Waals surface area contributed by atoms with E-state index in [2.05, 4.69) is 0 Å². The number of rotatable bonds is 2. The van der Waals surface area contributed by atoms with E-state index in [1.54, 1.807) is 24.3 Å². The van der Waals surface area contributed by atoms with Crippen LogP contribution in [0, 0.1) is 0 Å². The lowest BCUT2D eigenvalue weighted by atomic mass is 10.1. The molecule has 1 atom stereocenters. The summed E-state index contributed by atoms with van der Waals surface area (Å²) >= 11 is 5.84. The molecule has 1 aromatic rings. The van der Waals surface area contributed by atoms with Gasteiger partial charge in [-0.25, -0.2) is 13.6 Å². The first kappa shape index (κ1) is 14.3. The average Bonchev–Trinajstić information content (AvgIpc) is 2.37. The highest BCUT2D eigenvalue weighted by molar-refractivity contribution is 7.89. The molecule has 1 fully saturated rings. The number of nitrogens with zero attached hydrogens (tertiary/aromatic N) is 1. The van der Waals surface area contributed by atoms with Crippen LogP contribution in [-0.4, -0.2) is 37.6 Å². The fourth-order valence-corrected chi connectivity index (χ4v) is 3.27. The van der Waals surface area contributed by atoms with Gasteiger partial charge in [-0.3, -0.25) is 4.79 Å². The maximum Gasteiger partial charge on any atom is 0.253 e. The van der Waals surface area contributed by atoms with Crippen molar-refractivity contribution >= 4 is 27.5 Å². The van der Waals surface area contributed by atoms with E-state index < -0.39 is 15.3 Å². The van der Waals surface area contributed by atoms with Gasteiger partial charge in [0.1, 0.15) is 0 Å². The molecule has 1 unspecified atom stereocenters. The van der Waals surface area contributed by atoms with Crippen molar-refractivity contribution in [2.75, 3.05) is 13.1 Å². The molecule has 1 amide bonds. The fraction of sp³-hybridized carbons (Fsp3) is 0.417. The fourth-order valence-electron chi connectivity index (χ4n) is 2.19. The van der Waals surface area contributed by atoms with Crippen molar-refractivity contribution in [2.45, 2.75) is 18.1 Å². The van der Waals surface area contributed by atoms with Crippen LogP contribution in [0.25, 0.3) is 0 Å². The molecule has 2 rings (SSSR count). The van der Waals surface area contributed by atoms with Crippen molar-refractivity contribution < 1.29 is 13.2 Å². The first-order chi connectivity index (χ1) is 8.88. The van der Waals surface area contributed by atoms with Crippen LogP contribution in [-0.2, 0) is 10.0 Å². The van der Waals surface area contributed by atoms with Gasteiger partial charge in [-0.15, -0.1) is 0 Å². The van der Waals surface area contributed by atoms with Crippen molar-refractivity contribution in [2.24, 2.45) is 5.14 Å². The number of likely N-dealkylation sites (tertiary alicyclic amines) is 1. The summed E-state index contributed by atoms with van der Waals surface area (Å²) in [6.45, 7) is 0.682. The number of carbonyl (C=O) groups excluding carboxylic acids is 1.